The Labute approximate surface area is 156 Å². The smallest absolute Gasteiger partial charge is 0.490 e. The van der Waals surface area contributed by atoms with Gasteiger partial charge in [0.2, 0.25) is 5.75 Å². The maximum atomic E-state index is 11.4. The summed E-state index contributed by atoms with van der Waals surface area (Å²) in [6.07, 6.45) is 4.25. The lowest BCUT2D eigenvalue weighted by Gasteiger charge is -2.56. The highest BCUT2D eigenvalue weighted by Gasteiger charge is 2.64. The van der Waals surface area contributed by atoms with E-state index in [0.717, 1.165) is 24.1 Å². The van der Waals surface area contributed by atoms with Gasteiger partial charge in [-0.05, 0) is 38.1 Å². The van der Waals surface area contributed by atoms with Crippen molar-refractivity contribution in [2.75, 3.05) is 20.7 Å². The first-order valence-electron chi connectivity index (χ1n) is 8.99. The number of phosphoric ester groups is 1. The van der Waals surface area contributed by atoms with Gasteiger partial charge in [-0.3, -0.25) is 9.79 Å². The van der Waals surface area contributed by atoms with Crippen LogP contribution in [-0.2, 0) is 16.4 Å². The Balaban J connectivity index is 1.77. The van der Waals surface area contributed by atoms with Gasteiger partial charge in [-0.2, -0.15) is 0 Å². The van der Waals surface area contributed by atoms with E-state index in [1.54, 1.807) is 12.1 Å². The molecule has 5 atom stereocenters. The molecule has 4 aliphatic rings. The Kier molecular flexibility index (Phi) is 3.56. The van der Waals surface area contributed by atoms with Crippen molar-refractivity contribution in [2.45, 2.75) is 36.5 Å². The Morgan fingerprint density at radius 2 is 2.15 bits per heavy atom. The van der Waals surface area contributed by atoms with Crippen LogP contribution in [-0.4, -0.2) is 58.7 Å². The van der Waals surface area contributed by atoms with Gasteiger partial charge in [-0.1, -0.05) is 12.2 Å². The molecule has 1 spiro atoms. The summed E-state index contributed by atoms with van der Waals surface area (Å²) in [6.45, 7) is 0.892. The number of aliphatic hydroxyl groups is 1. The Morgan fingerprint density at radius 1 is 1.37 bits per heavy atom. The van der Waals surface area contributed by atoms with Crippen molar-refractivity contribution < 1.29 is 33.5 Å². The fourth-order valence-electron chi connectivity index (χ4n) is 5.67. The van der Waals surface area contributed by atoms with Crippen LogP contribution in [0.1, 0.15) is 17.5 Å². The lowest BCUT2D eigenvalue weighted by atomic mass is 9.53. The standard InChI is InChI=1S/C18H22NO7P/c1-19-6-5-18-10-3-4-12(20)17(18)25-16-14(18)9(7-11(10)19)8-13(15(16)24-2)26-27(21,22)23/h3-4,8,10-12,17,20H,5-7H2,1-2H3,(H2,21,22,23)/t10-,11+,12-,17-,18-/m0/s1. The number of nitrogens with zero attached hydrogens (tertiary/aromatic N) is 1. The van der Waals surface area contributed by atoms with E-state index in [1.165, 1.54) is 7.11 Å². The predicted molar refractivity (Wildman–Crippen MR) is 95.1 cm³/mol. The summed E-state index contributed by atoms with van der Waals surface area (Å²) >= 11 is 0. The molecule has 0 aromatic heterocycles. The second kappa shape index (κ2) is 5.49. The van der Waals surface area contributed by atoms with Crippen molar-refractivity contribution in [2.24, 2.45) is 5.92 Å². The maximum Gasteiger partial charge on any atom is 0.524 e. The van der Waals surface area contributed by atoms with Crippen LogP contribution in [0.4, 0.5) is 0 Å². The highest BCUT2D eigenvalue weighted by Crippen LogP contribution is 2.64. The SMILES string of the molecule is COc1c(OP(=O)(O)O)cc2c3c1O[C@H]1[C@@H](O)C=C[C@H]4[C@@H](C2)N(C)CC[C@@]341. The molecule has 1 saturated heterocycles. The number of ether oxygens (including phenoxy) is 2. The molecular formula is C18H22NO7P. The third kappa shape index (κ3) is 2.22. The molecule has 1 aromatic carbocycles. The lowest BCUT2D eigenvalue weighted by molar-refractivity contribution is -0.0453. The quantitative estimate of drug-likeness (QED) is 0.513. The summed E-state index contributed by atoms with van der Waals surface area (Å²) in [4.78, 5) is 20.9. The van der Waals surface area contributed by atoms with Gasteiger partial charge in [0.15, 0.2) is 11.5 Å². The Bertz CT molecular complexity index is 896. The van der Waals surface area contributed by atoms with Crippen molar-refractivity contribution in [3.8, 4) is 17.2 Å². The number of benzene rings is 1. The molecule has 5 rings (SSSR count). The van der Waals surface area contributed by atoms with E-state index < -0.39 is 20.0 Å². The molecule has 0 saturated carbocycles. The average molecular weight is 395 g/mol. The molecule has 1 aromatic rings. The number of likely N-dealkylation sites (tertiary alicyclic amines) is 1. The van der Waals surface area contributed by atoms with E-state index in [2.05, 4.69) is 18.0 Å². The van der Waals surface area contributed by atoms with Gasteiger partial charge in [0.25, 0.3) is 0 Å². The third-order valence-corrected chi connectivity index (χ3v) is 7.07. The first-order chi connectivity index (χ1) is 12.8. The average Bonchev–Trinajstić information content (AvgIpc) is 2.93. The zero-order chi connectivity index (χ0) is 19.1. The number of hydrogen-bond acceptors (Lipinski definition) is 6. The number of methoxy groups -OCH3 is 1. The van der Waals surface area contributed by atoms with Crippen molar-refractivity contribution in [3.63, 3.8) is 0 Å². The molecule has 9 heteroatoms. The number of likely N-dealkylation sites (N-methyl/N-ethyl adjacent to an activating group) is 1. The minimum Gasteiger partial charge on any atom is -0.490 e. The van der Waals surface area contributed by atoms with Crippen molar-refractivity contribution in [1.29, 1.82) is 0 Å². The molecule has 2 aliphatic carbocycles. The van der Waals surface area contributed by atoms with Gasteiger partial charge in [0, 0.05) is 22.9 Å². The minimum absolute atomic E-state index is 0.0312. The normalized spacial score (nSPS) is 36.2. The van der Waals surface area contributed by atoms with Crippen LogP contribution in [0.3, 0.4) is 0 Å². The Morgan fingerprint density at radius 3 is 2.85 bits per heavy atom. The molecule has 27 heavy (non-hydrogen) atoms. The van der Waals surface area contributed by atoms with Crippen molar-refractivity contribution in [3.05, 3.63) is 29.3 Å². The minimum atomic E-state index is -4.76. The molecule has 0 amide bonds. The van der Waals surface area contributed by atoms with Gasteiger partial charge in [0.1, 0.15) is 12.2 Å². The Hall–Kier alpha value is -1.57. The molecule has 3 N–H and O–H groups in total. The zero-order valence-electron chi connectivity index (χ0n) is 15.0. The predicted octanol–water partition coefficient (Wildman–Crippen LogP) is 0.973. The number of hydrogen-bond donors (Lipinski definition) is 3. The summed E-state index contributed by atoms with van der Waals surface area (Å²) in [7, 11) is -1.26. The summed E-state index contributed by atoms with van der Waals surface area (Å²) in [5.74, 6) is 0.788. The fourth-order valence-corrected chi connectivity index (χ4v) is 6.06. The van der Waals surface area contributed by atoms with Gasteiger partial charge in [0.05, 0.1) is 7.11 Å². The van der Waals surface area contributed by atoms with E-state index >= 15 is 0 Å². The highest BCUT2D eigenvalue weighted by atomic mass is 31.2. The molecule has 146 valence electrons. The van der Waals surface area contributed by atoms with Crippen molar-refractivity contribution in [1.82, 2.24) is 4.90 Å². The number of piperidine rings is 1. The largest absolute Gasteiger partial charge is 0.524 e. The van der Waals surface area contributed by atoms with Gasteiger partial charge >= 0.3 is 7.82 Å². The van der Waals surface area contributed by atoms with Crippen LogP contribution in [0, 0.1) is 5.92 Å². The van der Waals surface area contributed by atoms with Gasteiger partial charge in [-0.15, -0.1) is 0 Å². The zero-order valence-corrected chi connectivity index (χ0v) is 15.9. The molecule has 2 aliphatic heterocycles. The fraction of sp³-hybridized carbons (Fsp3) is 0.556. The summed E-state index contributed by atoms with van der Waals surface area (Å²) < 4.78 is 28.0. The molecule has 0 unspecified atom stereocenters. The van der Waals surface area contributed by atoms with Crippen molar-refractivity contribution >= 4 is 7.82 Å². The maximum absolute atomic E-state index is 11.4. The highest BCUT2D eigenvalue weighted by molar-refractivity contribution is 7.46. The molecular weight excluding hydrogens is 373 g/mol. The molecule has 1 fully saturated rings. The van der Waals surface area contributed by atoms with Gasteiger partial charge in [-0.25, -0.2) is 4.57 Å². The number of phosphoric acid groups is 1. The second-order valence-corrected chi connectivity index (χ2v) is 9.00. The van der Waals surface area contributed by atoms with Crippen LogP contribution in [0.2, 0.25) is 0 Å². The topological polar surface area (TPSA) is 109 Å². The van der Waals surface area contributed by atoms with E-state index in [4.69, 9.17) is 14.0 Å². The van der Waals surface area contributed by atoms with E-state index in [0.29, 0.717) is 12.2 Å². The first kappa shape index (κ1) is 17.5. The van der Waals surface area contributed by atoms with Crippen LogP contribution >= 0.6 is 7.82 Å². The van der Waals surface area contributed by atoms with E-state index in [-0.39, 0.29) is 28.9 Å². The van der Waals surface area contributed by atoms with E-state index in [9.17, 15) is 19.5 Å². The lowest BCUT2D eigenvalue weighted by Crippen LogP contribution is -2.64. The number of rotatable bonds is 3. The van der Waals surface area contributed by atoms with Crippen LogP contribution in [0.25, 0.3) is 0 Å². The van der Waals surface area contributed by atoms with Crippen LogP contribution in [0.15, 0.2) is 18.2 Å². The second-order valence-electron chi connectivity index (χ2n) is 7.84. The third-order valence-electron chi connectivity index (χ3n) is 6.63. The molecule has 8 nitrogen and oxygen atoms in total. The summed E-state index contributed by atoms with van der Waals surface area (Å²) in [5.41, 5.74) is 1.58. The molecule has 2 bridgehead atoms. The molecule has 0 radical (unpaired) electrons. The summed E-state index contributed by atoms with van der Waals surface area (Å²) in [6, 6.07) is 1.89. The monoisotopic (exact) mass is 395 g/mol. The number of aliphatic hydroxyl groups excluding tert-OH is 1. The first-order valence-corrected chi connectivity index (χ1v) is 10.5. The van der Waals surface area contributed by atoms with E-state index in [1.807, 2.05) is 0 Å². The van der Waals surface area contributed by atoms with Crippen LogP contribution < -0.4 is 14.0 Å². The van der Waals surface area contributed by atoms with Crippen LogP contribution in [0.5, 0.6) is 17.2 Å². The molecule has 2 heterocycles. The summed E-state index contributed by atoms with van der Waals surface area (Å²) in [5, 5.41) is 10.7. The van der Waals surface area contributed by atoms with Gasteiger partial charge < -0.3 is 24.0 Å².